The van der Waals surface area contributed by atoms with E-state index in [1.807, 2.05) is 45.9 Å². The molecule has 0 bridgehead atoms. The molecule has 1 amide bonds. The highest BCUT2D eigenvalue weighted by Crippen LogP contribution is 2.25. The number of carbonyl (C=O) groups excluding carboxylic acids is 1. The Morgan fingerprint density at radius 3 is 2.30 bits per heavy atom. The van der Waals surface area contributed by atoms with Crippen LogP contribution in [0.1, 0.15) is 36.6 Å². The van der Waals surface area contributed by atoms with Gasteiger partial charge < -0.3 is 10.1 Å². The molecule has 0 aliphatic heterocycles. The zero-order valence-electron chi connectivity index (χ0n) is 19.4. The number of hydrogen-bond donors (Lipinski definition) is 1. The number of hydrogen-bond acceptors (Lipinski definition) is 4. The third kappa shape index (κ3) is 5.93. The van der Waals surface area contributed by atoms with Gasteiger partial charge in [-0.15, -0.1) is 0 Å². The van der Waals surface area contributed by atoms with Crippen molar-refractivity contribution in [3.63, 3.8) is 0 Å². The molecule has 0 spiro atoms. The summed E-state index contributed by atoms with van der Waals surface area (Å²) in [6.07, 6.45) is 0. The van der Waals surface area contributed by atoms with Crippen molar-refractivity contribution in [2.75, 3.05) is 17.5 Å². The van der Waals surface area contributed by atoms with Gasteiger partial charge in [-0.2, -0.15) is 0 Å². The van der Waals surface area contributed by atoms with Crippen molar-refractivity contribution in [2.24, 2.45) is 0 Å². The van der Waals surface area contributed by atoms with Crippen LogP contribution in [-0.4, -0.2) is 27.5 Å². The van der Waals surface area contributed by atoms with E-state index in [0.717, 1.165) is 21.0 Å². The lowest BCUT2D eigenvalue weighted by Gasteiger charge is -2.25. The van der Waals surface area contributed by atoms with Crippen molar-refractivity contribution in [1.29, 1.82) is 0 Å². The fourth-order valence-corrected chi connectivity index (χ4v) is 5.05. The predicted octanol–water partition coefficient (Wildman–Crippen LogP) is 4.77. The maximum atomic E-state index is 13.5. The molecule has 0 radical (unpaired) electrons. The molecule has 1 unspecified atom stereocenters. The molecule has 6 nitrogen and oxygen atoms in total. The van der Waals surface area contributed by atoms with Crippen molar-refractivity contribution in [3.8, 4) is 5.75 Å². The summed E-state index contributed by atoms with van der Waals surface area (Å²) in [7, 11) is -3.98. The van der Waals surface area contributed by atoms with Crippen LogP contribution in [0.2, 0.25) is 0 Å². The molecule has 0 aliphatic carbocycles. The summed E-state index contributed by atoms with van der Waals surface area (Å²) in [5.41, 5.74) is 3.58. The molecule has 0 heterocycles. The van der Waals surface area contributed by atoms with Crippen LogP contribution in [0.4, 0.5) is 5.69 Å². The molecule has 3 rings (SSSR count). The van der Waals surface area contributed by atoms with Crippen molar-refractivity contribution >= 4 is 21.6 Å². The van der Waals surface area contributed by atoms with E-state index < -0.39 is 10.0 Å². The lowest BCUT2D eigenvalue weighted by molar-refractivity contribution is -0.120. The summed E-state index contributed by atoms with van der Waals surface area (Å²) in [4.78, 5) is 13.1. The zero-order chi connectivity index (χ0) is 24.0. The van der Waals surface area contributed by atoms with Gasteiger partial charge in [0.05, 0.1) is 23.2 Å². The molecule has 3 aromatic rings. The molecule has 0 saturated heterocycles. The number of nitrogens with zero attached hydrogens (tertiary/aromatic N) is 1. The fourth-order valence-electron chi connectivity index (χ4n) is 3.63. The fraction of sp³-hybridized carbons (Fsp3) is 0.269. The molecule has 0 saturated carbocycles. The van der Waals surface area contributed by atoms with E-state index in [1.165, 1.54) is 12.1 Å². The Kier molecular flexibility index (Phi) is 7.76. The first-order valence-electron chi connectivity index (χ1n) is 10.9. The van der Waals surface area contributed by atoms with Crippen molar-refractivity contribution in [3.05, 3.63) is 89.5 Å². The van der Waals surface area contributed by atoms with E-state index in [9.17, 15) is 13.2 Å². The van der Waals surface area contributed by atoms with E-state index >= 15 is 0 Å². The van der Waals surface area contributed by atoms with Crippen LogP contribution in [0.15, 0.2) is 77.7 Å². The van der Waals surface area contributed by atoms with Crippen LogP contribution in [0.25, 0.3) is 0 Å². The molecule has 174 valence electrons. The number of nitrogens with one attached hydrogen (secondary N) is 1. The summed E-state index contributed by atoms with van der Waals surface area (Å²) in [6, 6.07) is 20.7. The third-order valence-electron chi connectivity index (χ3n) is 5.33. The number of anilines is 1. The predicted molar refractivity (Wildman–Crippen MR) is 131 cm³/mol. The van der Waals surface area contributed by atoms with Gasteiger partial charge in [-0.1, -0.05) is 42.0 Å². The van der Waals surface area contributed by atoms with Gasteiger partial charge in [0.15, 0.2) is 0 Å². The number of para-hydroxylation sites is 1. The summed E-state index contributed by atoms with van der Waals surface area (Å²) < 4.78 is 33.5. The molecule has 0 aliphatic rings. The number of rotatable bonds is 9. The van der Waals surface area contributed by atoms with E-state index in [1.54, 1.807) is 42.5 Å². The van der Waals surface area contributed by atoms with E-state index in [4.69, 9.17) is 4.74 Å². The molecule has 33 heavy (non-hydrogen) atoms. The molecule has 0 aromatic heterocycles. The van der Waals surface area contributed by atoms with E-state index in [-0.39, 0.29) is 23.4 Å². The number of amides is 1. The SMILES string of the molecule is CCOc1ccc(S(=O)(=O)N(CC(=O)NC(C)c2cc(C)ccc2C)c2ccccc2)cc1. The summed E-state index contributed by atoms with van der Waals surface area (Å²) in [5, 5.41) is 2.95. The number of sulfonamides is 1. The highest BCUT2D eigenvalue weighted by Gasteiger charge is 2.28. The zero-order valence-corrected chi connectivity index (χ0v) is 20.2. The van der Waals surface area contributed by atoms with Gasteiger partial charge in [-0.05, 0) is 75.2 Å². The minimum atomic E-state index is -3.98. The standard InChI is InChI=1S/C26H30N2O4S/c1-5-32-23-13-15-24(16-14-23)33(30,31)28(22-9-7-6-8-10-22)18-26(29)27-21(4)25-17-19(2)11-12-20(25)3/h6-17,21H,5,18H2,1-4H3,(H,27,29). The Labute approximate surface area is 196 Å². The van der Waals surface area contributed by atoms with E-state index in [0.29, 0.717) is 18.0 Å². The van der Waals surface area contributed by atoms with Gasteiger partial charge in [0, 0.05) is 0 Å². The Balaban J connectivity index is 1.87. The van der Waals surface area contributed by atoms with Crippen LogP contribution in [0, 0.1) is 13.8 Å². The van der Waals surface area contributed by atoms with Gasteiger partial charge in [0.1, 0.15) is 12.3 Å². The summed E-state index contributed by atoms with van der Waals surface area (Å²) in [5.74, 6) is 0.199. The molecular formula is C26H30N2O4S. The monoisotopic (exact) mass is 466 g/mol. The molecule has 3 aromatic carbocycles. The largest absolute Gasteiger partial charge is 0.494 e. The first-order chi connectivity index (χ1) is 15.7. The average molecular weight is 467 g/mol. The van der Waals surface area contributed by atoms with Crippen LogP contribution in [-0.2, 0) is 14.8 Å². The Morgan fingerprint density at radius 1 is 1.00 bits per heavy atom. The number of aryl methyl sites for hydroxylation is 2. The first-order valence-corrected chi connectivity index (χ1v) is 12.3. The van der Waals surface area contributed by atoms with Crippen molar-refractivity contribution in [1.82, 2.24) is 5.32 Å². The second-order valence-electron chi connectivity index (χ2n) is 7.90. The van der Waals surface area contributed by atoms with Crippen molar-refractivity contribution < 1.29 is 17.9 Å². The van der Waals surface area contributed by atoms with E-state index in [2.05, 4.69) is 5.32 Å². The second-order valence-corrected chi connectivity index (χ2v) is 9.76. The normalized spacial score (nSPS) is 12.1. The average Bonchev–Trinajstić information content (AvgIpc) is 2.80. The number of carbonyl (C=O) groups is 1. The minimum absolute atomic E-state index is 0.0881. The minimum Gasteiger partial charge on any atom is -0.494 e. The molecule has 0 fully saturated rings. The summed E-state index contributed by atoms with van der Waals surface area (Å²) >= 11 is 0. The van der Waals surface area contributed by atoms with Crippen molar-refractivity contribution in [2.45, 2.75) is 38.6 Å². The van der Waals surface area contributed by atoms with Gasteiger partial charge in [-0.25, -0.2) is 8.42 Å². The van der Waals surface area contributed by atoms with Crippen LogP contribution in [0.5, 0.6) is 5.75 Å². The van der Waals surface area contributed by atoms with Gasteiger partial charge >= 0.3 is 0 Å². The first kappa shape index (κ1) is 24.3. The molecule has 1 atom stereocenters. The highest BCUT2D eigenvalue weighted by atomic mass is 32.2. The molecular weight excluding hydrogens is 436 g/mol. The van der Waals surface area contributed by atoms with Gasteiger partial charge in [0.25, 0.3) is 10.0 Å². The smallest absolute Gasteiger partial charge is 0.264 e. The third-order valence-corrected chi connectivity index (χ3v) is 7.12. The summed E-state index contributed by atoms with van der Waals surface area (Å²) in [6.45, 7) is 7.89. The Bertz CT molecular complexity index is 1190. The second kappa shape index (κ2) is 10.5. The Hall–Kier alpha value is -3.32. The van der Waals surface area contributed by atoms with Gasteiger partial charge in [-0.3, -0.25) is 9.10 Å². The maximum Gasteiger partial charge on any atom is 0.264 e. The Morgan fingerprint density at radius 2 is 1.67 bits per heavy atom. The van der Waals surface area contributed by atoms with Crippen LogP contribution < -0.4 is 14.4 Å². The number of benzene rings is 3. The van der Waals surface area contributed by atoms with Crippen LogP contribution in [0.3, 0.4) is 0 Å². The molecule has 7 heteroatoms. The maximum absolute atomic E-state index is 13.5. The topological polar surface area (TPSA) is 75.7 Å². The number of ether oxygens (including phenoxy) is 1. The lowest BCUT2D eigenvalue weighted by atomic mass is 10.00. The van der Waals surface area contributed by atoms with Gasteiger partial charge in [0.2, 0.25) is 5.91 Å². The van der Waals surface area contributed by atoms with Crippen LogP contribution >= 0.6 is 0 Å². The molecule has 1 N–H and O–H groups in total. The lowest BCUT2D eigenvalue weighted by Crippen LogP contribution is -2.41. The highest BCUT2D eigenvalue weighted by molar-refractivity contribution is 7.92. The quantitative estimate of drug-likeness (QED) is 0.493.